The maximum Gasteiger partial charge on any atom is 0.416 e. The van der Waals surface area contributed by atoms with Crippen LogP contribution in [0.1, 0.15) is 31.9 Å². The van der Waals surface area contributed by atoms with Crippen molar-refractivity contribution in [2.24, 2.45) is 10.1 Å². The van der Waals surface area contributed by atoms with Gasteiger partial charge in [-0.05, 0) is 60.7 Å². The smallest absolute Gasteiger partial charge is 0.416 e. The number of benzene rings is 1. The van der Waals surface area contributed by atoms with Gasteiger partial charge in [0, 0.05) is 47.5 Å². The first kappa shape index (κ1) is 28.3. The first-order chi connectivity index (χ1) is 16.6. The molecule has 0 spiro atoms. The molecule has 0 bridgehead atoms. The van der Waals surface area contributed by atoms with E-state index in [1.54, 1.807) is 49.5 Å². The minimum absolute atomic E-state index is 0.227. The molecule has 2 aromatic rings. The van der Waals surface area contributed by atoms with Gasteiger partial charge in [0.2, 0.25) is 0 Å². The van der Waals surface area contributed by atoms with Crippen LogP contribution in [0, 0.1) is 0 Å². The monoisotopic (exact) mass is 557 g/mol. The van der Waals surface area contributed by atoms with Crippen molar-refractivity contribution in [3.05, 3.63) is 82.9 Å². The molecule has 1 aromatic carbocycles. The maximum atomic E-state index is 13.5. The summed E-state index contributed by atoms with van der Waals surface area (Å²) < 4.78 is 6.37. The first-order valence-electron chi connectivity index (χ1n) is 10.9. The number of ether oxygens (including phenoxy) is 1. The summed E-state index contributed by atoms with van der Waals surface area (Å²) >= 11 is 4.93. The molecule has 35 heavy (non-hydrogen) atoms. The van der Waals surface area contributed by atoms with Gasteiger partial charge in [-0.1, -0.05) is 30.8 Å². The van der Waals surface area contributed by atoms with Crippen LogP contribution in [0.2, 0.25) is 0 Å². The second-order valence-electron chi connectivity index (χ2n) is 8.45. The molecule has 0 aliphatic carbocycles. The number of hydrogen-bond donors (Lipinski definition) is 0. The Bertz CT molecular complexity index is 1110. The number of nitrogens with zero attached hydrogens (tertiary/aromatic N) is 5. The highest BCUT2D eigenvalue weighted by atomic mass is 79.9. The lowest BCUT2D eigenvalue weighted by atomic mass is 10.1. The van der Waals surface area contributed by atoms with Gasteiger partial charge < -0.3 is 4.74 Å². The summed E-state index contributed by atoms with van der Waals surface area (Å²) in [6, 6.07) is 11.7. The highest BCUT2D eigenvalue weighted by Crippen LogP contribution is 2.24. The van der Waals surface area contributed by atoms with Gasteiger partial charge in [-0.3, -0.25) is 19.9 Å². The number of rotatable bonds is 9. The van der Waals surface area contributed by atoms with E-state index in [0.29, 0.717) is 16.0 Å². The van der Waals surface area contributed by atoms with Crippen LogP contribution in [0.4, 0.5) is 4.79 Å². The zero-order valence-electron chi connectivity index (χ0n) is 21.0. The van der Waals surface area contributed by atoms with Gasteiger partial charge in [-0.25, -0.2) is 4.79 Å². The molecule has 0 radical (unpaired) electrons. The van der Waals surface area contributed by atoms with Crippen LogP contribution in [-0.2, 0) is 11.3 Å². The molecule has 7 nitrogen and oxygen atoms in total. The fraction of sp³-hybridized carbons (Fsp3) is 0.308. The number of allylic oxidation sites excluding steroid dienone is 2. The minimum atomic E-state index is -0.686. The van der Waals surface area contributed by atoms with Crippen molar-refractivity contribution in [2.45, 2.75) is 37.8 Å². The third kappa shape index (κ3) is 8.99. The van der Waals surface area contributed by atoms with Gasteiger partial charge in [-0.15, -0.1) is 11.8 Å². The number of aliphatic imine (C=N–C) groups is 1. The number of carbonyl (C=O) groups excluding carboxylic acids is 1. The number of thioether (sulfide) groups is 1. The second-order valence-corrected chi connectivity index (χ2v) is 10.3. The minimum Gasteiger partial charge on any atom is -0.443 e. The molecule has 0 atom stereocenters. The molecule has 1 amide bonds. The van der Waals surface area contributed by atoms with E-state index < -0.39 is 11.7 Å². The molecular formula is C26H32BrN5O2S. The Morgan fingerprint density at radius 3 is 2.54 bits per heavy atom. The van der Waals surface area contributed by atoms with Gasteiger partial charge in [0.05, 0.1) is 18.5 Å². The largest absolute Gasteiger partial charge is 0.443 e. The summed E-state index contributed by atoms with van der Waals surface area (Å²) in [5.41, 5.74) is 1.80. The van der Waals surface area contributed by atoms with Crippen LogP contribution in [0.15, 0.2) is 86.7 Å². The average Bonchev–Trinajstić information content (AvgIpc) is 2.81. The van der Waals surface area contributed by atoms with E-state index in [1.807, 2.05) is 69.5 Å². The number of aromatic nitrogens is 1. The lowest BCUT2D eigenvalue weighted by molar-refractivity contribution is 0.0247. The van der Waals surface area contributed by atoms with E-state index in [4.69, 9.17) is 4.74 Å². The summed E-state index contributed by atoms with van der Waals surface area (Å²) in [4.78, 5) is 24.8. The molecule has 0 unspecified atom stereocenters. The van der Waals surface area contributed by atoms with Crippen LogP contribution < -0.4 is 0 Å². The van der Waals surface area contributed by atoms with Gasteiger partial charge >= 0.3 is 6.09 Å². The SMILES string of the molecule is C=C(Br)/C=N\N(C)/C(=C\C(=N/C)c1ccccc1SC)N(Cc1cccnc1)C(=O)OC(C)(C)C. The van der Waals surface area contributed by atoms with E-state index >= 15 is 0 Å². The third-order valence-electron chi connectivity index (χ3n) is 4.55. The summed E-state index contributed by atoms with van der Waals surface area (Å²) in [6.07, 6.45) is 8.31. The fourth-order valence-electron chi connectivity index (χ4n) is 3.03. The number of carbonyl (C=O) groups is 1. The van der Waals surface area contributed by atoms with E-state index in [-0.39, 0.29) is 6.54 Å². The summed E-state index contributed by atoms with van der Waals surface area (Å²) in [7, 11) is 3.48. The number of amides is 1. The third-order valence-corrected chi connectivity index (χ3v) is 5.55. The van der Waals surface area contributed by atoms with Gasteiger partial charge in [-0.2, -0.15) is 5.10 Å². The highest BCUT2D eigenvalue weighted by molar-refractivity contribution is 9.12. The Morgan fingerprint density at radius 2 is 1.97 bits per heavy atom. The Balaban J connectivity index is 2.68. The van der Waals surface area contributed by atoms with Crippen molar-refractivity contribution < 1.29 is 9.53 Å². The lowest BCUT2D eigenvalue weighted by Gasteiger charge is -2.32. The fourth-order valence-corrected chi connectivity index (χ4v) is 3.72. The van der Waals surface area contributed by atoms with E-state index in [0.717, 1.165) is 16.0 Å². The Kier molecular flexibility index (Phi) is 10.7. The van der Waals surface area contributed by atoms with Gasteiger partial charge in [0.15, 0.2) is 0 Å². The topological polar surface area (TPSA) is 70.4 Å². The van der Waals surface area contributed by atoms with Crippen LogP contribution in [0.3, 0.4) is 0 Å². The molecule has 0 saturated carbocycles. The van der Waals surface area contributed by atoms with Crippen molar-refractivity contribution in [3.63, 3.8) is 0 Å². The molecule has 2 rings (SSSR count). The normalized spacial score (nSPS) is 12.5. The second kappa shape index (κ2) is 13.3. The molecular weight excluding hydrogens is 526 g/mol. The zero-order valence-corrected chi connectivity index (χ0v) is 23.4. The predicted molar refractivity (Wildman–Crippen MR) is 149 cm³/mol. The average molecular weight is 559 g/mol. The standard InChI is InChI=1S/C26H32BrN5O2S/c1-19(27)16-30-31(6)24(15-22(28-5)21-12-8-9-13-23(21)35-7)32(25(33)34-26(2,3)4)18-20-11-10-14-29-17-20/h8-17H,1,18H2,2-7H3/b24-15+,28-22+,30-16-. The molecule has 186 valence electrons. The Hall–Kier alpha value is -2.91. The van der Waals surface area contributed by atoms with Crippen LogP contribution in [0.5, 0.6) is 0 Å². The number of hydrogen-bond acceptors (Lipinski definition) is 7. The summed E-state index contributed by atoms with van der Waals surface area (Å²) in [5.74, 6) is 0.476. The molecule has 0 N–H and O–H groups in total. The summed E-state index contributed by atoms with van der Waals surface area (Å²) in [5, 5.41) is 6.05. The van der Waals surface area contributed by atoms with E-state index in [9.17, 15) is 4.79 Å². The van der Waals surface area contributed by atoms with Crippen molar-refractivity contribution >= 4 is 45.7 Å². The van der Waals surface area contributed by atoms with Crippen LogP contribution >= 0.6 is 27.7 Å². The summed E-state index contributed by atoms with van der Waals surface area (Å²) in [6.45, 7) is 9.54. The van der Waals surface area contributed by atoms with Crippen LogP contribution in [0.25, 0.3) is 0 Å². The van der Waals surface area contributed by atoms with Crippen molar-refractivity contribution in [3.8, 4) is 0 Å². The van der Waals surface area contributed by atoms with Gasteiger partial charge in [0.25, 0.3) is 0 Å². The molecule has 1 heterocycles. The molecule has 0 aliphatic heterocycles. The Morgan fingerprint density at radius 1 is 1.26 bits per heavy atom. The van der Waals surface area contributed by atoms with Crippen molar-refractivity contribution in [2.75, 3.05) is 20.4 Å². The van der Waals surface area contributed by atoms with Crippen molar-refractivity contribution in [1.82, 2.24) is 14.9 Å². The van der Waals surface area contributed by atoms with Crippen LogP contribution in [-0.4, -0.2) is 58.9 Å². The molecule has 9 heteroatoms. The highest BCUT2D eigenvalue weighted by Gasteiger charge is 2.28. The number of halogens is 1. The molecule has 0 saturated heterocycles. The predicted octanol–water partition coefficient (Wildman–Crippen LogP) is 6.33. The Labute approximate surface area is 220 Å². The molecule has 0 aliphatic rings. The maximum absolute atomic E-state index is 13.5. The number of pyridine rings is 1. The van der Waals surface area contributed by atoms with Gasteiger partial charge in [0.1, 0.15) is 11.4 Å². The number of hydrazone groups is 1. The molecule has 0 fully saturated rings. The first-order valence-corrected chi connectivity index (χ1v) is 12.9. The zero-order chi connectivity index (χ0) is 26.0. The quantitative estimate of drug-likeness (QED) is 0.205. The van der Waals surface area contributed by atoms with E-state index in [1.165, 1.54) is 4.90 Å². The lowest BCUT2D eigenvalue weighted by Crippen LogP contribution is -2.40. The molecule has 1 aromatic heterocycles. The van der Waals surface area contributed by atoms with E-state index in [2.05, 4.69) is 37.6 Å². The van der Waals surface area contributed by atoms with Crippen molar-refractivity contribution in [1.29, 1.82) is 0 Å².